The molecule has 128 valence electrons. The van der Waals surface area contributed by atoms with Crippen LogP contribution in [0, 0.1) is 0 Å². The molecule has 3 heterocycles. The van der Waals surface area contributed by atoms with E-state index < -0.39 is 0 Å². The molecule has 0 saturated carbocycles. The van der Waals surface area contributed by atoms with Gasteiger partial charge in [-0.1, -0.05) is 6.07 Å². The number of likely N-dealkylation sites (tertiary alicyclic amines) is 1. The third kappa shape index (κ3) is 3.74. The third-order valence-electron chi connectivity index (χ3n) is 4.90. The highest BCUT2D eigenvalue weighted by atomic mass is 16.5. The maximum atomic E-state index is 5.43. The van der Waals surface area contributed by atoms with Crippen molar-refractivity contribution in [1.29, 1.82) is 0 Å². The first kappa shape index (κ1) is 16.9. The topological polar surface area (TPSA) is 41.5 Å². The second-order valence-electron chi connectivity index (χ2n) is 6.59. The minimum atomic E-state index is 0.479. The fraction of sp³-hybridized carbons (Fsp3) is 0.474. The number of hydrogen-bond donors (Lipinski definition) is 0. The number of pyridine rings is 2. The van der Waals surface area contributed by atoms with Crippen molar-refractivity contribution in [3.63, 3.8) is 0 Å². The van der Waals surface area contributed by atoms with Crippen molar-refractivity contribution in [3.05, 3.63) is 54.0 Å². The highest BCUT2D eigenvalue weighted by molar-refractivity contribution is 5.26. The molecule has 5 nitrogen and oxygen atoms in total. The number of likely N-dealkylation sites (N-methyl/N-ethyl adjacent to an activating group) is 1. The molecule has 1 saturated heterocycles. The Bertz CT molecular complexity index is 647. The van der Waals surface area contributed by atoms with E-state index in [-0.39, 0.29) is 0 Å². The van der Waals surface area contributed by atoms with Crippen LogP contribution in [0.25, 0.3) is 0 Å². The smallest absolute Gasteiger partial charge is 0.217 e. The van der Waals surface area contributed by atoms with Gasteiger partial charge in [0.25, 0.3) is 0 Å². The number of hydrogen-bond acceptors (Lipinski definition) is 5. The summed E-state index contributed by atoms with van der Waals surface area (Å²) in [5, 5.41) is 0. The molecule has 2 aromatic rings. The fourth-order valence-corrected chi connectivity index (χ4v) is 3.67. The monoisotopic (exact) mass is 326 g/mol. The molecule has 0 radical (unpaired) electrons. The number of rotatable bonds is 6. The molecule has 0 aromatic carbocycles. The molecule has 24 heavy (non-hydrogen) atoms. The second kappa shape index (κ2) is 7.73. The lowest BCUT2D eigenvalue weighted by molar-refractivity contribution is 0.176. The summed E-state index contributed by atoms with van der Waals surface area (Å²) in [4.78, 5) is 13.4. The van der Waals surface area contributed by atoms with E-state index in [2.05, 4.69) is 52.1 Å². The Balaban J connectivity index is 1.80. The van der Waals surface area contributed by atoms with Gasteiger partial charge in [-0.3, -0.25) is 9.88 Å². The normalized spacial score (nSPS) is 21.3. The van der Waals surface area contributed by atoms with E-state index in [9.17, 15) is 0 Å². The van der Waals surface area contributed by atoms with Crippen LogP contribution in [0.4, 0.5) is 0 Å². The lowest BCUT2D eigenvalue weighted by atomic mass is 10.00. The molecule has 0 spiro atoms. The molecule has 0 unspecified atom stereocenters. The SMILES string of the molecule is COc1ncccc1CN1CC[C@@H](N(C)C)[C@@H]1Cc1ccncc1. The van der Waals surface area contributed by atoms with E-state index in [1.807, 2.05) is 18.5 Å². The van der Waals surface area contributed by atoms with Gasteiger partial charge in [-0.25, -0.2) is 4.98 Å². The molecule has 1 aliphatic heterocycles. The van der Waals surface area contributed by atoms with Crippen LogP contribution < -0.4 is 4.74 Å². The van der Waals surface area contributed by atoms with E-state index in [4.69, 9.17) is 4.74 Å². The highest BCUT2D eigenvalue weighted by Crippen LogP contribution is 2.28. The maximum absolute atomic E-state index is 5.43. The van der Waals surface area contributed by atoms with Gasteiger partial charge in [0, 0.05) is 49.3 Å². The van der Waals surface area contributed by atoms with Gasteiger partial charge in [0.15, 0.2) is 0 Å². The summed E-state index contributed by atoms with van der Waals surface area (Å²) in [6.45, 7) is 1.97. The molecule has 0 aliphatic carbocycles. The summed E-state index contributed by atoms with van der Waals surface area (Å²) >= 11 is 0. The molecule has 3 rings (SSSR count). The second-order valence-corrected chi connectivity index (χ2v) is 6.59. The lowest BCUT2D eigenvalue weighted by Crippen LogP contribution is -2.43. The largest absolute Gasteiger partial charge is 0.481 e. The van der Waals surface area contributed by atoms with Crippen LogP contribution in [0.2, 0.25) is 0 Å². The summed E-state index contributed by atoms with van der Waals surface area (Å²) in [5.74, 6) is 0.730. The summed E-state index contributed by atoms with van der Waals surface area (Å²) in [7, 11) is 6.05. The fourth-order valence-electron chi connectivity index (χ4n) is 3.67. The Kier molecular flexibility index (Phi) is 5.43. The average molecular weight is 326 g/mol. The predicted octanol–water partition coefficient (Wildman–Crippen LogP) is 2.23. The van der Waals surface area contributed by atoms with Crippen LogP contribution in [0.15, 0.2) is 42.9 Å². The third-order valence-corrected chi connectivity index (χ3v) is 4.90. The first-order chi connectivity index (χ1) is 11.7. The van der Waals surface area contributed by atoms with Crippen LogP contribution in [0.5, 0.6) is 5.88 Å². The van der Waals surface area contributed by atoms with Crippen molar-refractivity contribution in [1.82, 2.24) is 19.8 Å². The van der Waals surface area contributed by atoms with E-state index in [0.29, 0.717) is 12.1 Å². The van der Waals surface area contributed by atoms with Gasteiger partial charge < -0.3 is 9.64 Å². The van der Waals surface area contributed by atoms with Gasteiger partial charge in [0.2, 0.25) is 5.88 Å². The quantitative estimate of drug-likeness (QED) is 0.814. The molecule has 2 aromatic heterocycles. The van der Waals surface area contributed by atoms with Gasteiger partial charge in [-0.2, -0.15) is 0 Å². The number of aromatic nitrogens is 2. The minimum absolute atomic E-state index is 0.479. The number of methoxy groups -OCH3 is 1. The maximum Gasteiger partial charge on any atom is 0.217 e. The van der Waals surface area contributed by atoms with Crippen molar-refractivity contribution >= 4 is 0 Å². The predicted molar refractivity (Wildman–Crippen MR) is 95.0 cm³/mol. The summed E-state index contributed by atoms with van der Waals surface area (Å²) in [6.07, 6.45) is 7.76. The van der Waals surface area contributed by atoms with Gasteiger partial charge >= 0.3 is 0 Å². The van der Waals surface area contributed by atoms with Crippen molar-refractivity contribution in [2.75, 3.05) is 27.7 Å². The van der Waals surface area contributed by atoms with Crippen molar-refractivity contribution in [3.8, 4) is 5.88 Å². The Hall–Kier alpha value is -1.98. The van der Waals surface area contributed by atoms with E-state index >= 15 is 0 Å². The molecular formula is C19H26N4O. The van der Waals surface area contributed by atoms with Crippen molar-refractivity contribution in [2.45, 2.75) is 31.5 Å². The molecule has 1 aliphatic rings. The number of ether oxygens (including phenoxy) is 1. The van der Waals surface area contributed by atoms with Crippen LogP contribution in [-0.2, 0) is 13.0 Å². The van der Waals surface area contributed by atoms with Gasteiger partial charge in [0.1, 0.15) is 0 Å². The Morgan fingerprint density at radius 3 is 2.71 bits per heavy atom. The number of nitrogens with zero attached hydrogens (tertiary/aromatic N) is 4. The standard InChI is InChI=1S/C19H26N4O/c1-22(2)17-8-12-23(14-16-5-4-9-21-19(16)24-3)18(17)13-15-6-10-20-11-7-15/h4-7,9-11,17-18H,8,12-14H2,1-3H3/t17-,18+/m1/s1. The average Bonchev–Trinajstić information content (AvgIpc) is 2.99. The molecule has 5 heteroatoms. The van der Waals surface area contributed by atoms with Gasteiger partial charge in [-0.05, 0) is 50.7 Å². The highest BCUT2D eigenvalue weighted by Gasteiger charge is 2.35. The molecule has 0 bridgehead atoms. The summed E-state index contributed by atoms with van der Waals surface area (Å²) < 4.78 is 5.43. The van der Waals surface area contributed by atoms with Crippen LogP contribution in [0.1, 0.15) is 17.5 Å². The molecule has 0 N–H and O–H groups in total. The first-order valence-electron chi connectivity index (χ1n) is 8.46. The van der Waals surface area contributed by atoms with Crippen LogP contribution in [-0.4, -0.2) is 59.6 Å². The van der Waals surface area contributed by atoms with E-state index in [1.165, 1.54) is 12.0 Å². The summed E-state index contributed by atoms with van der Waals surface area (Å²) in [6, 6.07) is 9.36. The van der Waals surface area contributed by atoms with E-state index in [1.54, 1.807) is 13.3 Å². The van der Waals surface area contributed by atoms with Crippen LogP contribution >= 0.6 is 0 Å². The van der Waals surface area contributed by atoms with Crippen LogP contribution in [0.3, 0.4) is 0 Å². The Labute approximate surface area is 144 Å². The first-order valence-corrected chi connectivity index (χ1v) is 8.46. The van der Waals surface area contributed by atoms with Crippen molar-refractivity contribution < 1.29 is 4.74 Å². The summed E-state index contributed by atoms with van der Waals surface area (Å²) in [5.41, 5.74) is 2.49. The van der Waals surface area contributed by atoms with Gasteiger partial charge in [-0.15, -0.1) is 0 Å². The zero-order valence-electron chi connectivity index (χ0n) is 14.7. The Morgan fingerprint density at radius 2 is 2.00 bits per heavy atom. The molecular weight excluding hydrogens is 300 g/mol. The zero-order chi connectivity index (χ0) is 16.9. The molecule has 0 amide bonds. The Morgan fingerprint density at radius 1 is 1.21 bits per heavy atom. The zero-order valence-corrected chi connectivity index (χ0v) is 14.7. The molecule has 2 atom stereocenters. The van der Waals surface area contributed by atoms with Gasteiger partial charge in [0.05, 0.1) is 7.11 Å². The minimum Gasteiger partial charge on any atom is -0.481 e. The van der Waals surface area contributed by atoms with Crippen molar-refractivity contribution in [2.24, 2.45) is 0 Å². The van der Waals surface area contributed by atoms with E-state index in [0.717, 1.165) is 31.0 Å². The lowest BCUT2D eigenvalue weighted by Gasteiger charge is -2.32. The molecule has 1 fully saturated rings.